The zero-order valence-electron chi connectivity index (χ0n) is 10.0. The van der Waals surface area contributed by atoms with E-state index in [0.717, 1.165) is 25.5 Å². The van der Waals surface area contributed by atoms with Crippen molar-refractivity contribution >= 4 is 15.7 Å². The van der Waals surface area contributed by atoms with E-state index < -0.39 is 21.5 Å². The largest absolute Gasteiger partial charge is 0.355 e. The van der Waals surface area contributed by atoms with Crippen molar-refractivity contribution in [1.29, 1.82) is 0 Å². The first-order valence-corrected chi connectivity index (χ1v) is 7.59. The van der Waals surface area contributed by atoms with Crippen molar-refractivity contribution < 1.29 is 13.2 Å². The molecule has 0 bridgehead atoms. The topological polar surface area (TPSA) is 89.3 Å². The van der Waals surface area contributed by atoms with Crippen LogP contribution in [-0.2, 0) is 14.6 Å². The summed E-state index contributed by atoms with van der Waals surface area (Å²) in [5, 5.41) is 2.64. The molecule has 0 heterocycles. The van der Waals surface area contributed by atoms with Gasteiger partial charge in [0, 0.05) is 12.8 Å². The summed E-state index contributed by atoms with van der Waals surface area (Å²) < 4.78 is 21.7. The van der Waals surface area contributed by atoms with Gasteiger partial charge < -0.3 is 11.1 Å². The Hall–Kier alpha value is -0.620. The van der Waals surface area contributed by atoms with Gasteiger partial charge in [-0.3, -0.25) is 4.79 Å². The molecule has 96 valence electrons. The first-order chi connectivity index (χ1) is 7.39. The Balaban J connectivity index is 3.95. The van der Waals surface area contributed by atoms with E-state index in [1.165, 1.54) is 0 Å². The second-order valence-electron chi connectivity index (χ2n) is 4.11. The number of carbonyl (C=O) groups is 1. The van der Waals surface area contributed by atoms with Crippen LogP contribution in [0.5, 0.6) is 0 Å². The molecule has 0 saturated heterocycles. The van der Waals surface area contributed by atoms with Crippen LogP contribution in [-0.4, -0.2) is 39.4 Å². The molecular weight excluding hydrogens is 228 g/mol. The third-order valence-electron chi connectivity index (χ3n) is 2.25. The van der Waals surface area contributed by atoms with Gasteiger partial charge in [0.05, 0.1) is 0 Å². The Bertz CT molecular complexity index is 295. The SMILES string of the molecule is CCCC(CCN)CNC(=O)CS(C)(=O)=O. The molecule has 0 saturated carbocycles. The monoisotopic (exact) mass is 250 g/mol. The molecule has 1 amide bonds. The fraction of sp³-hybridized carbons (Fsp3) is 0.900. The normalized spacial score (nSPS) is 13.4. The minimum absolute atomic E-state index is 0.346. The van der Waals surface area contributed by atoms with E-state index in [9.17, 15) is 13.2 Å². The van der Waals surface area contributed by atoms with Gasteiger partial charge in [0.25, 0.3) is 0 Å². The Morgan fingerprint density at radius 2 is 2.00 bits per heavy atom. The number of nitrogens with one attached hydrogen (secondary N) is 1. The lowest BCUT2D eigenvalue weighted by molar-refractivity contribution is -0.118. The molecule has 0 aliphatic rings. The van der Waals surface area contributed by atoms with Gasteiger partial charge in [0.15, 0.2) is 9.84 Å². The fourth-order valence-electron chi connectivity index (χ4n) is 1.54. The number of nitrogens with two attached hydrogens (primary N) is 1. The van der Waals surface area contributed by atoms with Crippen molar-refractivity contribution in [3.05, 3.63) is 0 Å². The molecule has 0 aromatic carbocycles. The summed E-state index contributed by atoms with van der Waals surface area (Å²) in [7, 11) is -3.23. The Morgan fingerprint density at radius 3 is 2.44 bits per heavy atom. The summed E-state index contributed by atoms with van der Waals surface area (Å²) in [6, 6.07) is 0. The van der Waals surface area contributed by atoms with Crippen LogP contribution in [0.3, 0.4) is 0 Å². The average Bonchev–Trinajstić information content (AvgIpc) is 2.12. The predicted octanol–water partition coefficient (Wildman–Crippen LogP) is -0.0877. The van der Waals surface area contributed by atoms with E-state index in [1.807, 2.05) is 0 Å². The first-order valence-electron chi connectivity index (χ1n) is 5.53. The summed E-state index contributed by atoms with van der Waals surface area (Å²) in [5.41, 5.74) is 5.46. The van der Waals surface area contributed by atoms with E-state index in [-0.39, 0.29) is 0 Å². The molecule has 0 aliphatic carbocycles. The van der Waals surface area contributed by atoms with E-state index in [2.05, 4.69) is 12.2 Å². The van der Waals surface area contributed by atoms with Crippen LogP contribution in [0.15, 0.2) is 0 Å². The van der Waals surface area contributed by atoms with Crippen LogP contribution < -0.4 is 11.1 Å². The van der Waals surface area contributed by atoms with Crippen molar-refractivity contribution in [2.75, 3.05) is 25.1 Å². The highest BCUT2D eigenvalue weighted by atomic mass is 32.2. The standard InChI is InChI=1S/C10H22N2O3S/c1-3-4-9(5-6-11)7-12-10(13)8-16(2,14)15/h9H,3-8,11H2,1-2H3,(H,12,13). The minimum atomic E-state index is -3.23. The number of rotatable bonds is 8. The van der Waals surface area contributed by atoms with Gasteiger partial charge in [-0.25, -0.2) is 8.42 Å². The van der Waals surface area contributed by atoms with Crippen molar-refractivity contribution in [1.82, 2.24) is 5.32 Å². The maximum Gasteiger partial charge on any atom is 0.235 e. The van der Waals surface area contributed by atoms with E-state index >= 15 is 0 Å². The number of sulfone groups is 1. The van der Waals surface area contributed by atoms with Crippen molar-refractivity contribution in [2.24, 2.45) is 11.7 Å². The molecule has 1 atom stereocenters. The quantitative estimate of drug-likeness (QED) is 0.630. The van der Waals surface area contributed by atoms with Gasteiger partial charge in [0.2, 0.25) is 5.91 Å². The lowest BCUT2D eigenvalue weighted by Gasteiger charge is -2.15. The lowest BCUT2D eigenvalue weighted by atomic mass is 10.00. The Morgan fingerprint density at radius 1 is 1.38 bits per heavy atom. The summed E-state index contributed by atoms with van der Waals surface area (Å²) in [6.07, 6.45) is 3.94. The number of amides is 1. The predicted molar refractivity (Wildman–Crippen MR) is 64.8 cm³/mol. The molecule has 1 unspecified atom stereocenters. The molecule has 0 spiro atoms. The number of hydrogen-bond donors (Lipinski definition) is 2. The maximum absolute atomic E-state index is 11.3. The highest BCUT2D eigenvalue weighted by Gasteiger charge is 2.13. The van der Waals surface area contributed by atoms with E-state index in [4.69, 9.17) is 5.73 Å². The van der Waals surface area contributed by atoms with Crippen molar-refractivity contribution in [2.45, 2.75) is 26.2 Å². The second-order valence-corrected chi connectivity index (χ2v) is 6.25. The average molecular weight is 250 g/mol. The Labute approximate surface area is 97.7 Å². The molecule has 5 nitrogen and oxygen atoms in total. The molecule has 6 heteroatoms. The van der Waals surface area contributed by atoms with Crippen LogP contribution >= 0.6 is 0 Å². The first kappa shape index (κ1) is 15.4. The van der Waals surface area contributed by atoms with Crippen LogP contribution in [0.1, 0.15) is 26.2 Å². The van der Waals surface area contributed by atoms with Crippen molar-refractivity contribution in [3.63, 3.8) is 0 Å². The van der Waals surface area contributed by atoms with Crippen LogP contribution in [0.2, 0.25) is 0 Å². The lowest BCUT2D eigenvalue weighted by Crippen LogP contribution is -2.34. The third-order valence-corrected chi connectivity index (χ3v) is 3.04. The molecular formula is C10H22N2O3S. The molecule has 0 rings (SSSR count). The zero-order valence-corrected chi connectivity index (χ0v) is 10.8. The summed E-state index contributed by atoms with van der Waals surface area (Å²) in [4.78, 5) is 11.3. The van der Waals surface area contributed by atoms with Gasteiger partial charge in [-0.15, -0.1) is 0 Å². The summed E-state index contributed by atoms with van der Waals surface area (Å²) in [6.45, 7) is 3.17. The molecule has 16 heavy (non-hydrogen) atoms. The highest BCUT2D eigenvalue weighted by molar-refractivity contribution is 7.91. The Kier molecular flexibility index (Phi) is 7.33. The zero-order chi connectivity index (χ0) is 12.6. The number of carbonyl (C=O) groups excluding carboxylic acids is 1. The van der Waals surface area contributed by atoms with Gasteiger partial charge >= 0.3 is 0 Å². The highest BCUT2D eigenvalue weighted by Crippen LogP contribution is 2.08. The molecule has 0 aromatic rings. The van der Waals surface area contributed by atoms with Gasteiger partial charge in [-0.1, -0.05) is 13.3 Å². The molecule has 0 aromatic heterocycles. The van der Waals surface area contributed by atoms with Crippen LogP contribution in [0.4, 0.5) is 0 Å². The second kappa shape index (κ2) is 7.62. The summed E-state index contributed by atoms with van der Waals surface area (Å²) in [5.74, 6) is -0.520. The molecule has 0 radical (unpaired) electrons. The van der Waals surface area contributed by atoms with Crippen LogP contribution in [0, 0.1) is 5.92 Å². The molecule has 0 fully saturated rings. The third kappa shape index (κ3) is 8.67. The van der Waals surface area contributed by atoms with E-state index in [0.29, 0.717) is 19.0 Å². The van der Waals surface area contributed by atoms with Crippen molar-refractivity contribution in [3.8, 4) is 0 Å². The number of hydrogen-bond acceptors (Lipinski definition) is 4. The molecule has 3 N–H and O–H groups in total. The smallest absolute Gasteiger partial charge is 0.235 e. The summed E-state index contributed by atoms with van der Waals surface area (Å²) >= 11 is 0. The maximum atomic E-state index is 11.3. The van der Waals surface area contributed by atoms with Gasteiger partial charge in [0.1, 0.15) is 5.75 Å². The fourth-order valence-corrected chi connectivity index (χ4v) is 2.12. The molecule has 0 aliphatic heterocycles. The van der Waals surface area contributed by atoms with E-state index in [1.54, 1.807) is 0 Å². The van der Waals surface area contributed by atoms with Gasteiger partial charge in [-0.05, 0) is 25.3 Å². The van der Waals surface area contributed by atoms with Crippen LogP contribution in [0.25, 0.3) is 0 Å². The van der Waals surface area contributed by atoms with Gasteiger partial charge in [-0.2, -0.15) is 0 Å². The minimum Gasteiger partial charge on any atom is -0.355 e.